The molecule has 0 saturated carbocycles. The SMILES string of the molecule is CCCCN(C)c1ncc(N)cc1C(=O)O. The first-order valence-electron chi connectivity index (χ1n) is 5.26. The first kappa shape index (κ1) is 12.3. The number of rotatable bonds is 5. The van der Waals surface area contributed by atoms with E-state index < -0.39 is 5.97 Å². The Balaban J connectivity index is 2.98. The number of nitrogens with zero attached hydrogens (tertiary/aromatic N) is 2. The molecule has 3 N–H and O–H groups in total. The van der Waals surface area contributed by atoms with E-state index in [1.54, 1.807) is 0 Å². The minimum atomic E-state index is -1.00. The number of aromatic carboxylic acids is 1. The molecule has 0 amide bonds. The number of hydrogen-bond acceptors (Lipinski definition) is 4. The highest BCUT2D eigenvalue weighted by atomic mass is 16.4. The van der Waals surface area contributed by atoms with Crippen LogP contribution in [0.4, 0.5) is 11.5 Å². The minimum absolute atomic E-state index is 0.151. The van der Waals surface area contributed by atoms with Crippen molar-refractivity contribution in [2.24, 2.45) is 0 Å². The van der Waals surface area contributed by atoms with E-state index >= 15 is 0 Å². The van der Waals surface area contributed by atoms with Crippen LogP contribution in [0, 0.1) is 0 Å². The van der Waals surface area contributed by atoms with E-state index in [4.69, 9.17) is 10.8 Å². The first-order chi connectivity index (χ1) is 7.56. The van der Waals surface area contributed by atoms with Crippen molar-refractivity contribution >= 4 is 17.5 Å². The predicted octanol–water partition coefficient (Wildman–Crippen LogP) is 1.60. The lowest BCUT2D eigenvalue weighted by atomic mass is 10.2. The maximum Gasteiger partial charge on any atom is 0.339 e. The van der Waals surface area contributed by atoms with Crippen molar-refractivity contribution in [3.63, 3.8) is 0 Å². The van der Waals surface area contributed by atoms with Gasteiger partial charge >= 0.3 is 5.97 Å². The molecule has 0 fully saturated rings. The molecule has 88 valence electrons. The van der Waals surface area contributed by atoms with Gasteiger partial charge in [-0.2, -0.15) is 0 Å². The number of carboxylic acids is 1. The van der Waals surface area contributed by atoms with Crippen molar-refractivity contribution < 1.29 is 9.90 Å². The van der Waals surface area contributed by atoms with Crippen molar-refractivity contribution in [1.29, 1.82) is 0 Å². The second kappa shape index (κ2) is 5.34. The fraction of sp³-hybridized carbons (Fsp3) is 0.455. The summed E-state index contributed by atoms with van der Waals surface area (Å²) >= 11 is 0. The third-order valence-corrected chi connectivity index (χ3v) is 2.33. The normalized spacial score (nSPS) is 10.1. The van der Waals surface area contributed by atoms with Gasteiger partial charge in [-0.05, 0) is 12.5 Å². The summed E-state index contributed by atoms with van der Waals surface area (Å²) in [5, 5.41) is 9.04. The molecule has 1 aromatic heterocycles. The third kappa shape index (κ3) is 2.85. The van der Waals surface area contributed by atoms with Crippen LogP contribution in [-0.2, 0) is 0 Å². The van der Waals surface area contributed by atoms with Gasteiger partial charge in [0.1, 0.15) is 11.4 Å². The van der Waals surface area contributed by atoms with Gasteiger partial charge in [-0.15, -0.1) is 0 Å². The van der Waals surface area contributed by atoms with Gasteiger partial charge in [0.2, 0.25) is 0 Å². The first-order valence-corrected chi connectivity index (χ1v) is 5.26. The van der Waals surface area contributed by atoms with E-state index in [-0.39, 0.29) is 5.56 Å². The van der Waals surface area contributed by atoms with Crippen LogP contribution < -0.4 is 10.6 Å². The lowest BCUT2D eigenvalue weighted by Crippen LogP contribution is -2.22. The second-order valence-corrected chi connectivity index (χ2v) is 3.72. The summed E-state index contributed by atoms with van der Waals surface area (Å²) in [6, 6.07) is 1.44. The van der Waals surface area contributed by atoms with Crippen molar-refractivity contribution in [2.75, 3.05) is 24.2 Å². The summed E-state index contributed by atoms with van der Waals surface area (Å²) in [7, 11) is 1.83. The molecule has 0 spiro atoms. The zero-order valence-electron chi connectivity index (χ0n) is 9.60. The molecule has 0 bridgehead atoms. The van der Waals surface area contributed by atoms with E-state index in [2.05, 4.69) is 11.9 Å². The minimum Gasteiger partial charge on any atom is -0.478 e. The molecule has 0 atom stereocenters. The van der Waals surface area contributed by atoms with Gasteiger partial charge < -0.3 is 15.7 Å². The number of nitrogens with two attached hydrogens (primary N) is 1. The Hall–Kier alpha value is -1.78. The number of anilines is 2. The van der Waals surface area contributed by atoms with E-state index in [9.17, 15) is 4.79 Å². The number of pyridine rings is 1. The molecule has 0 aliphatic heterocycles. The molecule has 0 saturated heterocycles. The molecule has 0 unspecified atom stereocenters. The quantitative estimate of drug-likeness (QED) is 0.792. The number of aromatic nitrogens is 1. The lowest BCUT2D eigenvalue weighted by molar-refractivity contribution is 0.0697. The van der Waals surface area contributed by atoms with Crippen molar-refractivity contribution in [1.82, 2.24) is 4.98 Å². The van der Waals surface area contributed by atoms with Crippen LogP contribution in [0.1, 0.15) is 30.1 Å². The van der Waals surface area contributed by atoms with Crippen LogP contribution in [0.2, 0.25) is 0 Å². The Bertz CT molecular complexity index is 379. The molecule has 5 nitrogen and oxygen atoms in total. The zero-order valence-corrected chi connectivity index (χ0v) is 9.60. The number of nitrogen functional groups attached to an aromatic ring is 1. The molecule has 0 aliphatic rings. The maximum atomic E-state index is 11.0. The summed E-state index contributed by atoms with van der Waals surface area (Å²) in [6.07, 6.45) is 3.54. The van der Waals surface area contributed by atoms with E-state index in [0.717, 1.165) is 19.4 Å². The molecule has 1 aromatic rings. The number of carbonyl (C=O) groups is 1. The Morgan fingerprint density at radius 2 is 2.31 bits per heavy atom. The largest absolute Gasteiger partial charge is 0.478 e. The van der Waals surface area contributed by atoms with Crippen LogP contribution in [0.25, 0.3) is 0 Å². The van der Waals surface area contributed by atoms with Crippen molar-refractivity contribution in [3.8, 4) is 0 Å². The summed E-state index contributed by atoms with van der Waals surface area (Å²) < 4.78 is 0. The summed E-state index contributed by atoms with van der Waals surface area (Å²) in [4.78, 5) is 16.9. The highest BCUT2D eigenvalue weighted by molar-refractivity contribution is 5.94. The van der Waals surface area contributed by atoms with Gasteiger partial charge in [-0.1, -0.05) is 13.3 Å². The molecule has 0 aromatic carbocycles. The molecular weight excluding hydrogens is 206 g/mol. The molecule has 1 heterocycles. The fourth-order valence-corrected chi connectivity index (χ4v) is 1.44. The van der Waals surface area contributed by atoms with Gasteiger partial charge in [0, 0.05) is 13.6 Å². The Morgan fingerprint density at radius 1 is 1.62 bits per heavy atom. The van der Waals surface area contributed by atoms with E-state index in [1.807, 2.05) is 11.9 Å². The third-order valence-electron chi connectivity index (χ3n) is 2.33. The van der Waals surface area contributed by atoms with E-state index in [1.165, 1.54) is 12.3 Å². The second-order valence-electron chi connectivity index (χ2n) is 3.72. The van der Waals surface area contributed by atoms with Crippen LogP contribution in [-0.4, -0.2) is 29.7 Å². The van der Waals surface area contributed by atoms with Crippen LogP contribution in [0.15, 0.2) is 12.3 Å². The van der Waals surface area contributed by atoms with Gasteiger partial charge in [-0.3, -0.25) is 0 Å². The molecular formula is C11H17N3O2. The Morgan fingerprint density at radius 3 is 2.88 bits per heavy atom. The molecule has 16 heavy (non-hydrogen) atoms. The lowest BCUT2D eigenvalue weighted by Gasteiger charge is -2.19. The molecule has 0 aliphatic carbocycles. The predicted molar refractivity (Wildman–Crippen MR) is 63.8 cm³/mol. The maximum absolute atomic E-state index is 11.0. The molecule has 5 heteroatoms. The number of carboxylic acid groups (broad SMARTS) is 1. The monoisotopic (exact) mass is 223 g/mol. The molecule has 1 rings (SSSR count). The Kier molecular flexibility index (Phi) is 4.10. The molecule has 0 radical (unpaired) electrons. The van der Waals surface area contributed by atoms with Crippen LogP contribution in [0.5, 0.6) is 0 Å². The van der Waals surface area contributed by atoms with Crippen LogP contribution in [0.3, 0.4) is 0 Å². The van der Waals surface area contributed by atoms with Crippen molar-refractivity contribution in [3.05, 3.63) is 17.8 Å². The average molecular weight is 223 g/mol. The van der Waals surface area contributed by atoms with E-state index in [0.29, 0.717) is 11.5 Å². The standard InChI is InChI=1S/C11H17N3O2/c1-3-4-5-14(2)10-9(11(15)16)6-8(12)7-13-10/h6-7H,3-5,12H2,1-2H3,(H,15,16). The van der Waals surface area contributed by atoms with Crippen LogP contribution >= 0.6 is 0 Å². The van der Waals surface area contributed by atoms with Gasteiger partial charge in [-0.25, -0.2) is 9.78 Å². The Labute approximate surface area is 94.9 Å². The smallest absolute Gasteiger partial charge is 0.339 e. The van der Waals surface area contributed by atoms with Gasteiger partial charge in [0.05, 0.1) is 11.9 Å². The summed E-state index contributed by atoms with van der Waals surface area (Å²) in [6.45, 7) is 2.87. The highest BCUT2D eigenvalue weighted by Crippen LogP contribution is 2.19. The zero-order chi connectivity index (χ0) is 12.1. The fourth-order valence-electron chi connectivity index (χ4n) is 1.44. The van der Waals surface area contributed by atoms with Gasteiger partial charge in [0.15, 0.2) is 0 Å². The summed E-state index contributed by atoms with van der Waals surface area (Å²) in [5.41, 5.74) is 6.04. The number of unbranched alkanes of at least 4 members (excludes halogenated alkanes) is 1. The topological polar surface area (TPSA) is 79.5 Å². The summed E-state index contributed by atoms with van der Waals surface area (Å²) in [5.74, 6) is -0.534. The van der Waals surface area contributed by atoms with Gasteiger partial charge in [0.25, 0.3) is 0 Å². The highest BCUT2D eigenvalue weighted by Gasteiger charge is 2.15. The number of hydrogen-bond donors (Lipinski definition) is 2. The average Bonchev–Trinajstić information content (AvgIpc) is 2.25. The van der Waals surface area contributed by atoms with Crippen molar-refractivity contribution in [2.45, 2.75) is 19.8 Å².